The largest absolute Gasteiger partial charge is 0.496 e. The van der Waals surface area contributed by atoms with Crippen molar-refractivity contribution >= 4 is 40.0 Å². The molecule has 0 aliphatic heterocycles. The van der Waals surface area contributed by atoms with Gasteiger partial charge in [-0.2, -0.15) is 0 Å². The molecule has 2 aromatic heterocycles. The summed E-state index contributed by atoms with van der Waals surface area (Å²) in [6, 6.07) is 7.55. The number of amides is 2. The SMILES string of the molecule is COc1ccccc1-c1nnc(SCC(=O)Nc2nc(C)c(C(=O)N(C)C)s2)n1C. The van der Waals surface area contributed by atoms with Gasteiger partial charge in [0.25, 0.3) is 5.91 Å². The van der Waals surface area contributed by atoms with Gasteiger partial charge in [0.15, 0.2) is 16.1 Å². The molecule has 0 saturated heterocycles. The van der Waals surface area contributed by atoms with Crippen molar-refractivity contribution in [2.75, 3.05) is 32.3 Å². The Hall–Kier alpha value is -2.92. The summed E-state index contributed by atoms with van der Waals surface area (Å²) in [4.78, 5) is 30.8. The van der Waals surface area contributed by atoms with Gasteiger partial charge < -0.3 is 19.5 Å². The van der Waals surface area contributed by atoms with E-state index in [9.17, 15) is 9.59 Å². The number of nitrogens with zero attached hydrogens (tertiary/aromatic N) is 5. The zero-order chi connectivity index (χ0) is 21.8. The van der Waals surface area contributed by atoms with Crippen LogP contribution in [0.1, 0.15) is 15.4 Å². The Morgan fingerprint density at radius 1 is 1.27 bits per heavy atom. The van der Waals surface area contributed by atoms with Gasteiger partial charge in [-0.3, -0.25) is 9.59 Å². The minimum absolute atomic E-state index is 0.132. The van der Waals surface area contributed by atoms with Crippen molar-refractivity contribution in [3.63, 3.8) is 0 Å². The maximum absolute atomic E-state index is 12.4. The minimum atomic E-state index is -0.237. The van der Waals surface area contributed by atoms with Gasteiger partial charge in [0.2, 0.25) is 5.91 Å². The summed E-state index contributed by atoms with van der Waals surface area (Å²) < 4.78 is 7.20. The van der Waals surface area contributed by atoms with Crippen LogP contribution in [0.15, 0.2) is 29.4 Å². The fourth-order valence-corrected chi connectivity index (χ4v) is 4.36. The molecule has 0 bridgehead atoms. The Morgan fingerprint density at radius 3 is 2.70 bits per heavy atom. The molecular formula is C19H22N6O3S2. The average molecular weight is 447 g/mol. The van der Waals surface area contributed by atoms with Gasteiger partial charge >= 0.3 is 0 Å². The molecular weight excluding hydrogens is 424 g/mol. The van der Waals surface area contributed by atoms with Gasteiger partial charge in [-0.15, -0.1) is 10.2 Å². The van der Waals surface area contributed by atoms with Crippen LogP contribution in [0.5, 0.6) is 5.75 Å². The number of methoxy groups -OCH3 is 1. The maximum atomic E-state index is 12.4. The molecule has 0 saturated carbocycles. The molecule has 1 aromatic carbocycles. The normalized spacial score (nSPS) is 10.7. The van der Waals surface area contributed by atoms with Crippen LogP contribution in [-0.2, 0) is 11.8 Å². The van der Waals surface area contributed by atoms with Crippen molar-refractivity contribution in [3.8, 4) is 17.1 Å². The van der Waals surface area contributed by atoms with E-state index in [1.54, 1.807) is 28.1 Å². The Labute approximate surface area is 182 Å². The zero-order valence-corrected chi connectivity index (χ0v) is 18.9. The highest BCUT2D eigenvalue weighted by Gasteiger charge is 2.19. The van der Waals surface area contributed by atoms with E-state index >= 15 is 0 Å². The molecule has 0 aliphatic rings. The van der Waals surface area contributed by atoms with E-state index in [4.69, 9.17) is 4.74 Å². The van der Waals surface area contributed by atoms with Gasteiger partial charge in [0.1, 0.15) is 10.6 Å². The molecule has 0 aliphatic carbocycles. The number of carbonyl (C=O) groups excluding carboxylic acids is 2. The summed E-state index contributed by atoms with van der Waals surface area (Å²) in [5, 5.41) is 12.2. The number of ether oxygens (including phenoxy) is 1. The molecule has 0 radical (unpaired) electrons. The van der Waals surface area contributed by atoms with E-state index in [2.05, 4.69) is 20.5 Å². The lowest BCUT2D eigenvalue weighted by Gasteiger charge is -2.08. The fraction of sp³-hybridized carbons (Fsp3) is 0.316. The van der Waals surface area contributed by atoms with Crippen molar-refractivity contribution in [1.82, 2.24) is 24.6 Å². The lowest BCUT2D eigenvalue weighted by molar-refractivity contribution is -0.113. The van der Waals surface area contributed by atoms with Crippen molar-refractivity contribution in [2.45, 2.75) is 12.1 Å². The Morgan fingerprint density at radius 2 is 2.00 bits per heavy atom. The first-order valence-electron chi connectivity index (χ1n) is 8.96. The second kappa shape index (κ2) is 9.26. The minimum Gasteiger partial charge on any atom is -0.496 e. The summed E-state index contributed by atoms with van der Waals surface area (Å²) in [5.74, 6) is 1.11. The molecule has 0 spiro atoms. The molecule has 3 rings (SSSR count). The van der Waals surface area contributed by atoms with Crippen molar-refractivity contribution in [1.29, 1.82) is 0 Å². The van der Waals surface area contributed by atoms with E-state index in [0.717, 1.165) is 16.9 Å². The van der Waals surface area contributed by atoms with Crippen LogP contribution >= 0.6 is 23.1 Å². The second-order valence-electron chi connectivity index (χ2n) is 6.54. The first kappa shape index (κ1) is 21.8. The summed E-state index contributed by atoms with van der Waals surface area (Å²) in [6.07, 6.45) is 0. The average Bonchev–Trinajstić information content (AvgIpc) is 3.27. The number of benzene rings is 1. The summed E-state index contributed by atoms with van der Waals surface area (Å²) in [5.41, 5.74) is 1.42. The van der Waals surface area contributed by atoms with E-state index in [-0.39, 0.29) is 17.6 Å². The number of aromatic nitrogens is 4. The number of thiazole rings is 1. The third kappa shape index (κ3) is 4.62. The summed E-state index contributed by atoms with van der Waals surface area (Å²) in [7, 11) is 6.80. The van der Waals surface area contributed by atoms with Crippen LogP contribution in [0.4, 0.5) is 5.13 Å². The Kier molecular flexibility index (Phi) is 6.73. The predicted molar refractivity (Wildman–Crippen MR) is 117 cm³/mol. The maximum Gasteiger partial charge on any atom is 0.265 e. The number of aryl methyl sites for hydroxylation is 1. The van der Waals surface area contributed by atoms with Gasteiger partial charge in [0, 0.05) is 21.1 Å². The molecule has 9 nitrogen and oxygen atoms in total. The molecule has 1 N–H and O–H groups in total. The summed E-state index contributed by atoms with van der Waals surface area (Å²) in [6.45, 7) is 1.75. The first-order valence-corrected chi connectivity index (χ1v) is 10.8. The molecule has 0 fully saturated rings. The standard InChI is InChI=1S/C19H22N6O3S2/c1-11-15(17(27)24(2)3)30-18(20-11)21-14(26)10-29-19-23-22-16(25(19)4)12-8-6-7-9-13(12)28-5/h6-9H,10H2,1-5H3,(H,20,21,26). The fourth-order valence-electron chi connectivity index (χ4n) is 2.64. The number of nitrogens with one attached hydrogen (secondary N) is 1. The molecule has 0 atom stereocenters. The number of rotatable bonds is 7. The van der Waals surface area contributed by atoms with Crippen LogP contribution in [0.2, 0.25) is 0 Å². The molecule has 2 heterocycles. The zero-order valence-electron chi connectivity index (χ0n) is 17.3. The number of hydrogen-bond acceptors (Lipinski definition) is 8. The topological polar surface area (TPSA) is 102 Å². The van der Waals surface area contributed by atoms with Crippen molar-refractivity contribution in [2.24, 2.45) is 7.05 Å². The van der Waals surface area contributed by atoms with Gasteiger partial charge in [-0.25, -0.2) is 4.98 Å². The lowest BCUT2D eigenvalue weighted by Crippen LogP contribution is -2.21. The number of anilines is 1. The number of thioether (sulfide) groups is 1. The Balaban J connectivity index is 1.66. The van der Waals surface area contributed by atoms with E-state index in [1.165, 1.54) is 16.7 Å². The highest BCUT2D eigenvalue weighted by molar-refractivity contribution is 7.99. The monoisotopic (exact) mass is 446 g/mol. The molecule has 0 unspecified atom stereocenters. The molecule has 30 heavy (non-hydrogen) atoms. The number of carbonyl (C=O) groups is 2. The van der Waals surface area contributed by atoms with Crippen LogP contribution in [0.25, 0.3) is 11.4 Å². The van der Waals surface area contributed by atoms with E-state index < -0.39 is 0 Å². The number of hydrogen-bond donors (Lipinski definition) is 1. The molecule has 158 valence electrons. The van der Waals surface area contributed by atoms with Crippen molar-refractivity contribution in [3.05, 3.63) is 34.8 Å². The molecule has 11 heteroatoms. The van der Waals surface area contributed by atoms with Crippen molar-refractivity contribution < 1.29 is 14.3 Å². The number of para-hydroxylation sites is 1. The van der Waals surface area contributed by atoms with Crippen LogP contribution < -0.4 is 10.1 Å². The highest BCUT2D eigenvalue weighted by Crippen LogP contribution is 2.30. The van der Waals surface area contributed by atoms with Gasteiger partial charge in [-0.1, -0.05) is 35.2 Å². The van der Waals surface area contributed by atoms with Crippen LogP contribution in [0.3, 0.4) is 0 Å². The quantitative estimate of drug-likeness (QED) is 0.557. The summed E-state index contributed by atoms with van der Waals surface area (Å²) >= 11 is 2.43. The van der Waals surface area contributed by atoms with Gasteiger partial charge in [0.05, 0.1) is 24.1 Å². The predicted octanol–water partition coefficient (Wildman–Crippen LogP) is 2.69. The third-order valence-electron chi connectivity index (χ3n) is 4.16. The molecule has 2 amide bonds. The highest BCUT2D eigenvalue weighted by atomic mass is 32.2. The smallest absolute Gasteiger partial charge is 0.265 e. The van der Waals surface area contributed by atoms with Crippen LogP contribution in [0, 0.1) is 6.92 Å². The lowest BCUT2D eigenvalue weighted by atomic mass is 10.2. The van der Waals surface area contributed by atoms with E-state index in [0.29, 0.717) is 32.4 Å². The molecule has 3 aromatic rings. The van der Waals surface area contributed by atoms with Gasteiger partial charge in [-0.05, 0) is 19.1 Å². The first-order chi connectivity index (χ1) is 14.3. The van der Waals surface area contributed by atoms with Crippen LogP contribution in [-0.4, -0.2) is 63.4 Å². The third-order valence-corrected chi connectivity index (χ3v) is 6.24. The Bertz CT molecular complexity index is 1080. The second-order valence-corrected chi connectivity index (χ2v) is 8.48. The van der Waals surface area contributed by atoms with E-state index in [1.807, 2.05) is 35.9 Å².